The Morgan fingerprint density at radius 2 is 1.56 bits per heavy atom. The van der Waals surface area contributed by atoms with Gasteiger partial charge in [0.15, 0.2) is 5.78 Å². The highest BCUT2D eigenvalue weighted by molar-refractivity contribution is 6.36. The van der Waals surface area contributed by atoms with Crippen molar-refractivity contribution >= 4 is 46.7 Å². The van der Waals surface area contributed by atoms with Crippen LogP contribution in [0.1, 0.15) is 33.6 Å². The lowest BCUT2D eigenvalue weighted by atomic mass is 9.85. The number of ketones is 1. The summed E-state index contributed by atoms with van der Waals surface area (Å²) < 4.78 is 13.3. The Balaban J connectivity index is 1.71. The second-order valence-corrected chi connectivity index (χ2v) is 8.40. The second kappa shape index (κ2) is 8.84. The van der Waals surface area contributed by atoms with Crippen molar-refractivity contribution in [3.05, 3.63) is 81.6 Å². The number of rotatable bonds is 5. The summed E-state index contributed by atoms with van der Waals surface area (Å²) in [4.78, 5) is 52.5. The smallest absolute Gasteiger partial charge is 0.274 e. The molecule has 0 bridgehead atoms. The van der Waals surface area contributed by atoms with E-state index in [0.717, 1.165) is 22.2 Å². The fourth-order valence-electron chi connectivity index (χ4n) is 3.92. The van der Waals surface area contributed by atoms with Gasteiger partial charge in [0.1, 0.15) is 12.4 Å². The Morgan fingerprint density at radius 3 is 2.12 bits per heavy atom. The second-order valence-electron chi connectivity index (χ2n) is 7.56. The van der Waals surface area contributed by atoms with Crippen molar-refractivity contribution in [2.75, 3.05) is 6.54 Å². The summed E-state index contributed by atoms with van der Waals surface area (Å²) in [5.41, 5.74) is 0.112. The molecule has 2 aromatic rings. The lowest BCUT2D eigenvalue weighted by molar-refractivity contribution is -0.154. The summed E-state index contributed by atoms with van der Waals surface area (Å²) in [5, 5.41) is 1.90. The van der Waals surface area contributed by atoms with Crippen LogP contribution < -0.4 is 0 Å². The number of benzene rings is 2. The van der Waals surface area contributed by atoms with E-state index in [2.05, 4.69) is 0 Å². The molecule has 1 aliphatic heterocycles. The molecule has 1 aliphatic carbocycles. The van der Waals surface area contributed by atoms with Gasteiger partial charge in [-0.25, -0.2) is 9.40 Å². The van der Waals surface area contributed by atoms with Gasteiger partial charge in [0.25, 0.3) is 17.7 Å². The molecule has 0 N–H and O–H groups in total. The van der Waals surface area contributed by atoms with E-state index in [1.54, 1.807) is 0 Å². The number of hydrazine groups is 1. The standard InChI is InChI=1S/C23H17Cl2FN2O4/c24-14-7-10-18(19(25)11-14)21(30)27(12-20(29)13-5-8-15(26)9-6-13)28-22(31)16-3-1-2-4-17(16)23(28)32/h1-2,5-11,16-17H,3-4,12H2/t16-,17-/m0/s1. The quantitative estimate of drug-likeness (QED) is 0.367. The van der Waals surface area contributed by atoms with Gasteiger partial charge in [-0.3, -0.25) is 19.2 Å². The van der Waals surface area contributed by atoms with Gasteiger partial charge >= 0.3 is 0 Å². The molecular formula is C23H17Cl2FN2O4. The monoisotopic (exact) mass is 474 g/mol. The van der Waals surface area contributed by atoms with Crippen LogP contribution in [-0.4, -0.2) is 40.1 Å². The Labute approximate surface area is 193 Å². The van der Waals surface area contributed by atoms with Crippen molar-refractivity contribution in [2.45, 2.75) is 12.8 Å². The average Bonchev–Trinajstić information content (AvgIpc) is 3.02. The van der Waals surface area contributed by atoms with Gasteiger partial charge in [-0.05, 0) is 55.3 Å². The third kappa shape index (κ3) is 4.06. The van der Waals surface area contributed by atoms with E-state index in [9.17, 15) is 23.6 Å². The minimum Gasteiger partial charge on any atom is -0.292 e. The molecular weight excluding hydrogens is 458 g/mol. The van der Waals surface area contributed by atoms with Crippen LogP contribution >= 0.6 is 23.2 Å². The van der Waals surface area contributed by atoms with Gasteiger partial charge < -0.3 is 0 Å². The minimum absolute atomic E-state index is 0.0138. The van der Waals surface area contributed by atoms with Gasteiger partial charge in [0.2, 0.25) is 0 Å². The highest BCUT2D eigenvalue weighted by atomic mass is 35.5. The first-order valence-electron chi connectivity index (χ1n) is 9.86. The number of imide groups is 1. The number of halogens is 3. The lowest BCUT2D eigenvalue weighted by Gasteiger charge is -2.30. The summed E-state index contributed by atoms with van der Waals surface area (Å²) in [7, 11) is 0. The van der Waals surface area contributed by atoms with Crippen molar-refractivity contribution in [2.24, 2.45) is 11.8 Å². The summed E-state index contributed by atoms with van der Waals surface area (Å²) in [6.45, 7) is -0.603. The molecule has 1 heterocycles. The number of allylic oxidation sites excluding steroid dienone is 2. The molecule has 164 valence electrons. The van der Waals surface area contributed by atoms with Crippen LogP contribution in [0.3, 0.4) is 0 Å². The molecule has 0 spiro atoms. The molecule has 0 unspecified atom stereocenters. The van der Waals surface area contributed by atoms with E-state index in [1.165, 1.54) is 30.3 Å². The van der Waals surface area contributed by atoms with E-state index in [4.69, 9.17) is 23.2 Å². The van der Waals surface area contributed by atoms with Crippen molar-refractivity contribution in [3.8, 4) is 0 Å². The average molecular weight is 475 g/mol. The maximum Gasteiger partial charge on any atom is 0.274 e. The first-order chi connectivity index (χ1) is 15.3. The number of hydrogen-bond donors (Lipinski definition) is 0. The largest absolute Gasteiger partial charge is 0.292 e. The van der Waals surface area contributed by atoms with Crippen molar-refractivity contribution in [3.63, 3.8) is 0 Å². The van der Waals surface area contributed by atoms with Gasteiger partial charge in [-0.15, -0.1) is 0 Å². The highest BCUT2D eigenvalue weighted by Crippen LogP contribution is 2.36. The van der Waals surface area contributed by atoms with Gasteiger partial charge in [-0.1, -0.05) is 35.4 Å². The molecule has 0 saturated carbocycles. The summed E-state index contributed by atoms with van der Waals surface area (Å²) in [6, 6.07) is 8.93. The number of carbonyl (C=O) groups is 4. The lowest BCUT2D eigenvalue weighted by Crippen LogP contribution is -2.52. The number of Topliss-reactive ketones (excluding diaryl/α,β-unsaturated/α-hetero) is 1. The Morgan fingerprint density at radius 1 is 0.969 bits per heavy atom. The first-order valence-corrected chi connectivity index (χ1v) is 10.6. The first kappa shape index (κ1) is 22.2. The topological polar surface area (TPSA) is 74.8 Å². The number of fused-ring (bicyclic) bond motifs is 1. The molecule has 0 radical (unpaired) electrons. The molecule has 2 atom stereocenters. The zero-order valence-corrected chi connectivity index (χ0v) is 18.1. The van der Waals surface area contributed by atoms with Gasteiger partial charge in [0.05, 0.1) is 22.4 Å². The molecule has 32 heavy (non-hydrogen) atoms. The van der Waals surface area contributed by atoms with Crippen LogP contribution in [0.15, 0.2) is 54.6 Å². The number of carbonyl (C=O) groups excluding carboxylic acids is 4. The van der Waals surface area contributed by atoms with E-state index >= 15 is 0 Å². The number of amides is 3. The van der Waals surface area contributed by atoms with E-state index in [0.29, 0.717) is 17.9 Å². The maximum absolute atomic E-state index is 13.4. The molecule has 9 heteroatoms. The van der Waals surface area contributed by atoms with Crippen LogP contribution in [0.5, 0.6) is 0 Å². The summed E-state index contributed by atoms with van der Waals surface area (Å²) in [6.07, 6.45) is 4.40. The molecule has 1 fully saturated rings. The molecule has 0 aromatic heterocycles. The Kier molecular flexibility index (Phi) is 6.13. The van der Waals surface area contributed by atoms with Crippen molar-refractivity contribution < 1.29 is 23.6 Å². The minimum atomic E-state index is -0.796. The van der Waals surface area contributed by atoms with Crippen LogP contribution in [-0.2, 0) is 9.59 Å². The van der Waals surface area contributed by atoms with Crippen LogP contribution in [0, 0.1) is 17.7 Å². The zero-order chi connectivity index (χ0) is 23.0. The summed E-state index contributed by atoms with van der Waals surface area (Å²) >= 11 is 12.1. The molecule has 6 nitrogen and oxygen atoms in total. The molecule has 2 aromatic carbocycles. The summed E-state index contributed by atoms with van der Waals surface area (Å²) in [5.74, 6) is -4.17. The van der Waals surface area contributed by atoms with E-state index < -0.39 is 47.7 Å². The molecule has 3 amide bonds. The van der Waals surface area contributed by atoms with Crippen LogP contribution in [0.2, 0.25) is 10.0 Å². The SMILES string of the molecule is O=C(CN(C(=O)c1ccc(Cl)cc1Cl)N1C(=O)[C@H]2CC=CC[C@@H]2C1=O)c1ccc(F)cc1. The number of hydrogen-bond acceptors (Lipinski definition) is 4. The molecule has 1 saturated heterocycles. The third-order valence-corrected chi connectivity index (χ3v) is 6.13. The maximum atomic E-state index is 13.4. The highest BCUT2D eigenvalue weighted by Gasteiger charge is 2.51. The van der Waals surface area contributed by atoms with Gasteiger partial charge in [0, 0.05) is 10.6 Å². The van der Waals surface area contributed by atoms with Crippen LogP contribution in [0.4, 0.5) is 4.39 Å². The predicted octanol–water partition coefficient (Wildman–Crippen LogP) is 4.32. The van der Waals surface area contributed by atoms with E-state index in [-0.39, 0.29) is 16.1 Å². The predicted molar refractivity (Wildman–Crippen MR) is 115 cm³/mol. The fraction of sp³-hybridized carbons (Fsp3) is 0.217. The zero-order valence-electron chi connectivity index (χ0n) is 16.6. The van der Waals surface area contributed by atoms with Crippen molar-refractivity contribution in [1.82, 2.24) is 10.0 Å². The molecule has 4 rings (SSSR count). The van der Waals surface area contributed by atoms with E-state index in [1.807, 2.05) is 12.2 Å². The fourth-order valence-corrected chi connectivity index (χ4v) is 4.41. The normalized spacial score (nSPS) is 19.8. The van der Waals surface area contributed by atoms with Crippen LogP contribution in [0.25, 0.3) is 0 Å². The molecule has 2 aliphatic rings. The third-order valence-electron chi connectivity index (χ3n) is 5.58. The van der Waals surface area contributed by atoms with Gasteiger partial charge in [-0.2, -0.15) is 5.01 Å². The van der Waals surface area contributed by atoms with Crippen molar-refractivity contribution in [1.29, 1.82) is 0 Å². The number of nitrogens with zero attached hydrogens (tertiary/aromatic N) is 2. The Bertz CT molecular complexity index is 1120. The Hall–Kier alpha value is -3.03.